The number of rotatable bonds is 7. The Morgan fingerprint density at radius 3 is 2.42 bits per heavy atom. The van der Waals surface area contributed by atoms with Gasteiger partial charge in [-0.15, -0.1) is 0 Å². The molecule has 2 aromatic rings. The molecule has 0 radical (unpaired) electrons. The van der Waals surface area contributed by atoms with Crippen LogP contribution in [0.15, 0.2) is 54.6 Å². The predicted molar refractivity (Wildman–Crippen MR) is 169 cm³/mol. The summed E-state index contributed by atoms with van der Waals surface area (Å²) in [6, 6.07) is 14.1. The van der Waals surface area contributed by atoms with Gasteiger partial charge in [0.25, 0.3) is 0 Å². The Morgan fingerprint density at radius 2 is 1.71 bits per heavy atom. The van der Waals surface area contributed by atoms with E-state index in [4.69, 9.17) is 0 Å². The van der Waals surface area contributed by atoms with Crippen LogP contribution in [0.5, 0.6) is 0 Å². The predicted octanol–water partition coefficient (Wildman–Crippen LogP) is 1.11. The fraction of sp³-hybridized carbons (Fsp3) is 0.500. The first kappa shape index (κ1) is 33.6. The van der Waals surface area contributed by atoms with Gasteiger partial charge in [0.2, 0.25) is 29.5 Å². The van der Waals surface area contributed by atoms with Gasteiger partial charge in [-0.1, -0.05) is 74.9 Å². The van der Waals surface area contributed by atoms with E-state index in [1.807, 2.05) is 75.4 Å². The lowest BCUT2D eigenvalue weighted by Crippen LogP contribution is -2.58. The molecule has 11 nitrogen and oxygen atoms in total. The first-order valence-electron chi connectivity index (χ1n) is 15.8. The molecule has 2 aliphatic rings. The third kappa shape index (κ3) is 8.91. The number of carbonyl (C=O) groups excluding carboxylic acids is 5. The Hall–Kier alpha value is -4.25. The van der Waals surface area contributed by atoms with Crippen LogP contribution in [0, 0.1) is 12.8 Å². The van der Waals surface area contributed by atoms with Crippen molar-refractivity contribution < 1.29 is 29.1 Å². The summed E-state index contributed by atoms with van der Waals surface area (Å²) in [6.45, 7) is 5.48. The first-order valence-corrected chi connectivity index (χ1v) is 15.8. The Balaban J connectivity index is 1.62. The number of hydrogen-bond acceptors (Lipinski definition) is 6. The molecule has 45 heavy (non-hydrogen) atoms. The van der Waals surface area contributed by atoms with E-state index in [2.05, 4.69) is 16.0 Å². The van der Waals surface area contributed by atoms with Crippen LogP contribution in [-0.4, -0.2) is 94.9 Å². The highest BCUT2D eigenvalue weighted by Gasteiger charge is 2.43. The van der Waals surface area contributed by atoms with E-state index < -0.39 is 47.9 Å². The molecule has 242 valence electrons. The maximum atomic E-state index is 13.9. The van der Waals surface area contributed by atoms with Crippen molar-refractivity contribution in [1.29, 1.82) is 0 Å². The lowest BCUT2D eigenvalue weighted by atomic mass is 9.97. The van der Waals surface area contributed by atoms with Gasteiger partial charge in [-0.2, -0.15) is 0 Å². The second kappa shape index (κ2) is 15.7. The SMILES string of the molecule is CC[C@H](C)[C@@H]1NC(=O)CN(C(=O)CCc2ccccc2C)CCNC(=O)[C@H](Cc2ccccc2)NC(=O)[C@@H]2C[C@@H](O)CN2C1=O. The number of aliphatic hydroxyl groups is 1. The summed E-state index contributed by atoms with van der Waals surface area (Å²) < 4.78 is 0. The van der Waals surface area contributed by atoms with E-state index in [1.54, 1.807) is 0 Å². The lowest BCUT2D eigenvalue weighted by molar-refractivity contribution is -0.143. The Kier molecular flexibility index (Phi) is 11.7. The minimum Gasteiger partial charge on any atom is -0.391 e. The fourth-order valence-electron chi connectivity index (χ4n) is 5.91. The zero-order valence-electron chi connectivity index (χ0n) is 26.3. The summed E-state index contributed by atoms with van der Waals surface area (Å²) in [6.07, 6.45) is 0.520. The molecule has 0 aromatic heterocycles. The average molecular weight is 620 g/mol. The minimum absolute atomic E-state index is 0.0155. The molecular weight excluding hydrogens is 574 g/mol. The summed E-state index contributed by atoms with van der Waals surface area (Å²) >= 11 is 0. The number of nitrogens with zero attached hydrogens (tertiary/aromatic N) is 2. The molecule has 4 rings (SSSR count). The zero-order valence-corrected chi connectivity index (χ0v) is 26.3. The van der Waals surface area contributed by atoms with Crippen molar-refractivity contribution >= 4 is 29.5 Å². The Morgan fingerprint density at radius 1 is 1.00 bits per heavy atom. The molecule has 5 amide bonds. The maximum absolute atomic E-state index is 13.9. The number of carbonyl (C=O) groups is 5. The fourth-order valence-corrected chi connectivity index (χ4v) is 5.91. The van der Waals surface area contributed by atoms with Crippen molar-refractivity contribution in [2.45, 2.75) is 77.1 Å². The highest BCUT2D eigenvalue weighted by atomic mass is 16.3. The topological polar surface area (TPSA) is 148 Å². The van der Waals surface area contributed by atoms with Crippen LogP contribution in [0.1, 0.15) is 49.8 Å². The summed E-state index contributed by atoms with van der Waals surface area (Å²) in [5.41, 5.74) is 2.93. The highest BCUT2D eigenvalue weighted by molar-refractivity contribution is 5.95. The normalized spacial score (nSPS) is 24.1. The molecule has 5 atom stereocenters. The van der Waals surface area contributed by atoms with E-state index >= 15 is 0 Å². The lowest BCUT2D eigenvalue weighted by Gasteiger charge is -2.32. The van der Waals surface area contributed by atoms with Crippen LogP contribution in [0.3, 0.4) is 0 Å². The number of fused-ring (bicyclic) bond motifs is 1. The van der Waals surface area contributed by atoms with E-state index in [0.717, 1.165) is 16.7 Å². The van der Waals surface area contributed by atoms with Crippen molar-refractivity contribution in [2.75, 3.05) is 26.2 Å². The van der Waals surface area contributed by atoms with E-state index in [9.17, 15) is 29.1 Å². The molecule has 0 bridgehead atoms. The zero-order chi connectivity index (χ0) is 32.5. The molecule has 0 aliphatic carbocycles. The van der Waals surface area contributed by atoms with E-state index in [1.165, 1.54) is 9.80 Å². The highest BCUT2D eigenvalue weighted by Crippen LogP contribution is 2.23. The summed E-state index contributed by atoms with van der Waals surface area (Å²) in [7, 11) is 0. The monoisotopic (exact) mass is 619 g/mol. The molecule has 2 aliphatic heterocycles. The van der Waals surface area contributed by atoms with Crippen LogP contribution in [0.25, 0.3) is 0 Å². The molecule has 0 unspecified atom stereocenters. The van der Waals surface area contributed by atoms with Crippen LogP contribution in [-0.2, 0) is 36.8 Å². The van der Waals surface area contributed by atoms with Crippen molar-refractivity contribution in [3.05, 3.63) is 71.3 Å². The Bertz CT molecular complexity index is 1370. The molecule has 2 aromatic carbocycles. The van der Waals surface area contributed by atoms with Crippen molar-refractivity contribution in [1.82, 2.24) is 25.8 Å². The van der Waals surface area contributed by atoms with Crippen LogP contribution in [0.4, 0.5) is 0 Å². The van der Waals surface area contributed by atoms with Gasteiger partial charge in [-0.05, 0) is 36.0 Å². The molecule has 2 fully saturated rings. The molecule has 4 N–H and O–H groups in total. The van der Waals surface area contributed by atoms with Crippen molar-refractivity contribution in [3.8, 4) is 0 Å². The third-order valence-electron chi connectivity index (χ3n) is 8.81. The van der Waals surface area contributed by atoms with Gasteiger partial charge in [0.15, 0.2) is 0 Å². The second-order valence-electron chi connectivity index (χ2n) is 12.1. The quantitative estimate of drug-likeness (QED) is 0.365. The van der Waals surface area contributed by atoms with Gasteiger partial charge in [0.1, 0.15) is 18.1 Å². The second-order valence-corrected chi connectivity index (χ2v) is 12.1. The van der Waals surface area contributed by atoms with Crippen LogP contribution < -0.4 is 16.0 Å². The molecule has 0 saturated carbocycles. The van der Waals surface area contributed by atoms with Gasteiger partial charge in [-0.25, -0.2) is 0 Å². The first-order chi connectivity index (χ1) is 21.6. The Labute approximate surface area is 264 Å². The standard InChI is InChI=1S/C34H45N5O6/c1-4-22(2)31-34(45)39-20-26(40)19-28(39)33(44)36-27(18-24-11-6-5-7-12-24)32(43)35-16-17-38(21-29(41)37-31)30(42)15-14-25-13-9-8-10-23(25)3/h5-13,22,26-28,31,40H,4,14-21H2,1-3H3,(H,35,43)(H,36,44)(H,37,41)/t22-,26+,27-,28-,31-/m0/s1. The van der Waals surface area contributed by atoms with Crippen LogP contribution >= 0.6 is 0 Å². The van der Waals surface area contributed by atoms with Gasteiger partial charge in [0.05, 0.1) is 12.6 Å². The summed E-state index contributed by atoms with van der Waals surface area (Å²) in [4.78, 5) is 70.5. The molecule has 11 heteroatoms. The molecule has 0 spiro atoms. The number of aliphatic hydroxyl groups excluding tert-OH is 1. The summed E-state index contributed by atoms with van der Waals surface area (Å²) in [5, 5.41) is 19.0. The van der Waals surface area contributed by atoms with Crippen LogP contribution in [0.2, 0.25) is 0 Å². The smallest absolute Gasteiger partial charge is 0.246 e. The van der Waals surface area contributed by atoms with Gasteiger partial charge in [-0.3, -0.25) is 24.0 Å². The summed E-state index contributed by atoms with van der Waals surface area (Å²) in [5.74, 6) is -2.53. The van der Waals surface area contributed by atoms with Gasteiger partial charge < -0.3 is 30.9 Å². The van der Waals surface area contributed by atoms with Crippen molar-refractivity contribution in [2.24, 2.45) is 5.92 Å². The van der Waals surface area contributed by atoms with Gasteiger partial charge >= 0.3 is 0 Å². The maximum Gasteiger partial charge on any atom is 0.246 e. The molecular formula is C34H45N5O6. The molecule has 2 heterocycles. The minimum atomic E-state index is -1.01. The van der Waals surface area contributed by atoms with E-state index in [-0.39, 0.29) is 57.3 Å². The number of amides is 5. The average Bonchev–Trinajstić information content (AvgIpc) is 3.43. The number of hydrogen-bond donors (Lipinski definition) is 4. The number of aryl methyl sites for hydroxylation is 2. The third-order valence-corrected chi connectivity index (χ3v) is 8.81. The number of benzene rings is 2. The molecule has 2 saturated heterocycles. The van der Waals surface area contributed by atoms with Gasteiger partial charge in [0, 0.05) is 38.9 Å². The number of nitrogens with one attached hydrogen (secondary N) is 3. The van der Waals surface area contributed by atoms with E-state index in [0.29, 0.717) is 12.8 Å². The largest absolute Gasteiger partial charge is 0.391 e. The van der Waals surface area contributed by atoms with Crippen molar-refractivity contribution in [3.63, 3.8) is 0 Å².